The van der Waals surface area contributed by atoms with Gasteiger partial charge in [0, 0.05) is 19.3 Å². The van der Waals surface area contributed by atoms with Crippen molar-refractivity contribution in [2.45, 2.75) is 246 Å². The zero-order valence-corrected chi connectivity index (χ0v) is 36.8. The summed E-state index contributed by atoms with van der Waals surface area (Å²) in [7, 11) is 0. The maximum atomic E-state index is 12.9. The predicted molar refractivity (Wildman–Crippen MR) is 229 cm³/mol. The van der Waals surface area contributed by atoms with Gasteiger partial charge in [0.15, 0.2) is 0 Å². The lowest BCUT2D eigenvalue weighted by Gasteiger charge is -2.16. The van der Waals surface area contributed by atoms with Gasteiger partial charge in [-0.05, 0) is 56.8 Å². The highest BCUT2D eigenvalue weighted by Crippen LogP contribution is 2.23. The number of esters is 3. The maximum Gasteiger partial charge on any atom is 0.308 e. The second-order valence-corrected chi connectivity index (χ2v) is 16.5. The Bertz CT molecular complexity index is 845. The number of carbonyl (C=O) groups is 3. The Kier molecular flexibility index (Phi) is 39.9. The van der Waals surface area contributed by atoms with Gasteiger partial charge >= 0.3 is 17.9 Å². The summed E-state index contributed by atoms with van der Waals surface area (Å²) in [6.45, 7) is 10.4. The van der Waals surface area contributed by atoms with Crippen molar-refractivity contribution < 1.29 is 28.6 Å². The number of hydrogen-bond donors (Lipinski definition) is 0. The van der Waals surface area contributed by atoms with Crippen LogP contribution in [0.3, 0.4) is 0 Å². The number of carbonyl (C=O) groups excluding carboxylic acids is 3. The van der Waals surface area contributed by atoms with E-state index >= 15 is 0 Å². The van der Waals surface area contributed by atoms with Gasteiger partial charge in [0.05, 0.1) is 31.8 Å². The Morgan fingerprint density at radius 3 is 1.15 bits per heavy atom. The molecule has 0 spiro atoms. The van der Waals surface area contributed by atoms with Crippen molar-refractivity contribution in [1.29, 1.82) is 5.26 Å². The Morgan fingerprint density at radius 2 is 0.782 bits per heavy atom. The summed E-state index contributed by atoms with van der Waals surface area (Å²) in [5, 5.41) is 8.81. The average molecular weight is 776 g/mol. The van der Waals surface area contributed by atoms with Crippen LogP contribution in [0.15, 0.2) is 0 Å². The molecule has 0 aliphatic carbocycles. The lowest BCUT2D eigenvalue weighted by Crippen LogP contribution is -2.18. The Balaban J connectivity index is 4.12. The van der Waals surface area contributed by atoms with E-state index in [1.807, 2.05) is 0 Å². The van der Waals surface area contributed by atoms with E-state index in [9.17, 15) is 14.4 Å². The smallest absolute Gasteiger partial charge is 0.308 e. The SMILES string of the molecule is CCCCC(CCCC)CCOC(=O)CCCCCCCCCC(CCCCCCCCCC(=O)OCCC(CCCC)CCCC)C(=O)OCCCC#N. The van der Waals surface area contributed by atoms with Crippen molar-refractivity contribution in [3.05, 3.63) is 0 Å². The average Bonchev–Trinajstić information content (AvgIpc) is 3.18. The highest BCUT2D eigenvalue weighted by atomic mass is 16.5. The number of unbranched alkanes of at least 4 members (excludes halogenated alkanes) is 17. The maximum absolute atomic E-state index is 12.9. The first kappa shape index (κ1) is 52.9. The molecule has 0 saturated carbocycles. The molecule has 0 saturated heterocycles. The third-order valence-corrected chi connectivity index (χ3v) is 11.3. The summed E-state index contributed by atoms with van der Waals surface area (Å²) >= 11 is 0. The van der Waals surface area contributed by atoms with E-state index in [-0.39, 0.29) is 23.8 Å². The molecule has 55 heavy (non-hydrogen) atoms. The predicted octanol–water partition coefficient (Wildman–Crippen LogP) is 14.3. The van der Waals surface area contributed by atoms with Gasteiger partial charge in [-0.2, -0.15) is 5.26 Å². The minimum Gasteiger partial charge on any atom is -0.466 e. The summed E-state index contributed by atoms with van der Waals surface area (Å²) < 4.78 is 16.7. The van der Waals surface area contributed by atoms with Crippen LogP contribution in [0.4, 0.5) is 0 Å². The molecule has 0 atom stereocenters. The van der Waals surface area contributed by atoms with Crippen LogP contribution >= 0.6 is 0 Å². The van der Waals surface area contributed by atoms with Gasteiger partial charge in [0.2, 0.25) is 0 Å². The second kappa shape index (κ2) is 41.5. The largest absolute Gasteiger partial charge is 0.466 e. The van der Waals surface area contributed by atoms with Gasteiger partial charge in [-0.3, -0.25) is 14.4 Å². The third kappa shape index (κ3) is 36.0. The van der Waals surface area contributed by atoms with E-state index < -0.39 is 0 Å². The molecule has 0 rings (SSSR count). The molecule has 0 unspecified atom stereocenters. The molecule has 0 aromatic heterocycles. The second-order valence-electron chi connectivity index (χ2n) is 16.5. The molecule has 0 bridgehead atoms. The fourth-order valence-corrected chi connectivity index (χ4v) is 7.57. The van der Waals surface area contributed by atoms with Crippen LogP contribution in [0.25, 0.3) is 0 Å². The van der Waals surface area contributed by atoms with E-state index in [4.69, 9.17) is 19.5 Å². The zero-order chi connectivity index (χ0) is 40.5. The number of nitrogens with zero attached hydrogens (tertiary/aromatic N) is 1. The highest BCUT2D eigenvalue weighted by Gasteiger charge is 2.19. The molecule has 0 aliphatic heterocycles. The molecule has 0 aliphatic rings. The number of nitriles is 1. The Morgan fingerprint density at radius 1 is 0.418 bits per heavy atom. The lowest BCUT2D eigenvalue weighted by atomic mass is 9.93. The van der Waals surface area contributed by atoms with Crippen molar-refractivity contribution in [2.75, 3.05) is 19.8 Å². The fourth-order valence-electron chi connectivity index (χ4n) is 7.57. The van der Waals surface area contributed by atoms with Gasteiger partial charge in [0.25, 0.3) is 0 Å². The van der Waals surface area contributed by atoms with Crippen LogP contribution in [0, 0.1) is 29.1 Å². The van der Waals surface area contributed by atoms with E-state index in [1.165, 1.54) is 77.0 Å². The fraction of sp³-hybridized carbons (Fsp3) is 0.917. The van der Waals surface area contributed by atoms with E-state index in [0.29, 0.717) is 57.3 Å². The van der Waals surface area contributed by atoms with Gasteiger partial charge in [-0.1, -0.05) is 182 Å². The number of ether oxygens (including phenoxy) is 3. The first-order valence-corrected chi connectivity index (χ1v) is 23.8. The highest BCUT2D eigenvalue weighted by molar-refractivity contribution is 5.72. The summed E-state index contributed by atoms with van der Waals surface area (Å²) in [6, 6.07) is 2.12. The summed E-state index contributed by atoms with van der Waals surface area (Å²) in [4.78, 5) is 37.3. The van der Waals surface area contributed by atoms with E-state index in [2.05, 4.69) is 33.8 Å². The topological polar surface area (TPSA) is 103 Å². The van der Waals surface area contributed by atoms with Crippen molar-refractivity contribution in [1.82, 2.24) is 0 Å². The molecule has 7 nitrogen and oxygen atoms in total. The number of hydrogen-bond acceptors (Lipinski definition) is 7. The third-order valence-electron chi connectivity index (χ3n) is 11.3. The molecule has 322 valence electrons. The van der Waals surface area contributed by atoms with E-state index in [0.717, 1.165) is 116 Å². The summed E-state index contributed by atoms with van der Waals surface area (Å²) in [5.41, 5.74) is 0. The molecular formula is C48H89NO6. The summed E-state index contributed by atoms with van der Waals surface area (Å²) in [6.07, 6.45) is 36.0. The van der Waals surface area contributed by atoms with Gasteiger partial charge in [-0.25, -0.2) is 0 Å². The summed E-state index contributed by atoms with van der Waals surface area (Å²) in [5.74, 6) is 1.16. The standard InChI is InChI=1S/C48H89NO6/c1-5-9-29-43(30-10-6-2)37-41-53-46(50)35-25-21-17-13-15-19-23-33-45(48(52)55-40-28-27-39-49)34-24-20-16-14-18-22-26-36-47(51)54-42-38-44(31-11-7-3)32-12-8-4/h43-45H,5-38,40-42H2,1-4H3. The lowest BCUT2D eigenvalue weighted by molar-refractivity contribution is -0.149. The van der Waals surface area contributed by atoms with E-state index in [1.54, 1.807) is 0 Å². The van der Waals surface area contributed by atoms with Crippen molar-refractivity contribution in [3.63, 3.8) is 0 Å². The molecule has 0 fully saturated rings. The zero-order valence-electron chi connectivity index (χ0n) is 36.8. The number of rotatable bonds is 42. The molecule has 7 heteroatoms. The molecule has 0 aromatic rings. The minimum atomic E-state index is -0.0911. The van der Waals surface area contributed by atoms with Crippen molar-refractivity contribution >= 4 is 17.9 Å². The normalized spacial score (nSPS) is 11.4. The molecule has 0 N–H and O–H groups in total. The van der Waals surface area contributed by atoms with Crippen LogP contribution in [0.1, 0.15) is 246 Å². The monoisotopic (exact) mass is 776 g/mol. The quantitative estimate of drug-likeness (QED) is 0.0345. The molecular weight excluding hydrogens is 687 g/mol. The first-order valence-electron chi connectivity index (χ1n) is 23.8. The van der Waals surface area contributed by atoms with Crippen LogP contribution in [-0.4, -0.2) is 37.7 Å². The van der Waals surface area contributed by atoms with Gasteiger partial charge < -0.3 is 14.2 Å². The van der Waals surface area contributed by atoms with Crippen LogP contribution in [0.5, 0.6) is 0 Å². The van der Waals surface area contributed by atoms with Crippen LogP contribution in [-0.2, 0) is 28.6 Å². The van der Waals surface area contributed by atoms with Gasteiger partial charge in [0.1, 0.15) is 0 Å². The Hall–Kier alpha value is -2.10. The van der Waals surface area contributed by atoms with Crippen LogP contribution < -0.4 is 0 Å². The molecule has 0 radical (unpaired) electrons. The first-order chi connectivity index (χ1) is 26.9. The molecule has 0 heterocycles. The van der Waals surface area contributed by atoms with Crippen molar-refractivity contribution in [2.24, 2.45) is 17.8 Å². The Labute approximate surface area is 340 Å². The minimum absolute atomic E-state index is 0.0385. The molecule has 0 amide bonds. The van der Waals surface area contributed by atoms with Crippen LogP contribution in [0.2, 0.25) is 0 Å². The van der Waals surface area contributed by atoms with Crippen molar-refractivity contribution in [3.8, 4) is 6.07 Å². The van der Waals surface area contributed by atoms with Gasteiger partial charge in [-0.15, -0.1) is 0 Å². The molecule has 0 aromatic carbocycles.